The molecule has 0 aliphatic carbocycles. The number of aromatic nitrogens is 2. The van der Waals surface area contributed by atoms with Crippen LogP contribution < -0.4 is 4.74 Å². The van der Waals surface area contributed by atoms with Gasteiger partial charge in [-0.15, -0.1) is 13.2 Å². The molecule has 0 bridgehead atoms. The zero-order valence-electron chi connectivity index (χ0n) is 16.3. The molecule has 3 aromatic rings. The maximum absolute atomic E-state index is 13.2. The Balaban J connectivity index is 1.46. The standard InChI is InChI=1S/C21H17F4N3O3/c1-12(13-2-6-16(22)7-3-13)28-11-15(10-18(28)29)20-26-19(27-31-20)14-4-8-17(9-5-14)30-21(23,24)25/h2-9,12,15H,10-11H2,1H3. The molecule has 2 atom stereocenters. The smallest absolute Gasteiger partial charge is 0.406 e. The first-order valence-electron chi connectivity index (χ1n) is 9.44. The van der Waals surface area contributed by atoms with Crippen LogP contribution in [0.3, 0.4) is 0 Å². The van der Waals surface area contributed by atoms with E-state index in [0.29, 0.717) is 12.1 Å². The maximum atomic E-state index is 13.2. The number of carbonyl (C=O) groups is 1. The molecule has 162 valence electrons. The molecule has 10 heteroatoms. The molecule has 2 heterocycles. The Morgan fingerprint density at radius 3 is 2.45 bits per heavy atom. The van der Waals surface area contributed by atoms with Crippen LogP contribution in [0.4, 0.5) is 17.6 Å². The first-order chi connectivity index (χ1) is 14.7. The van der Waals surface area contributed by atoms with E-state index in [-0.39, 0.29) is 47.6 Å². The molecule has 0 saturated carbocycles. The molecule has 1 aromatic heterocycles. The van der Waals surface area contributed by atoms with Gasteiger partial charge in [0.2, 0.25) is 17.6 Å². The molecule has 2 aromatic carbocycles. The Labute approximate surface area is 174 Å². The SMILES string of the molecule is CC(c1ccc(F)cc1)N1CC(c2nc(-c3ccc(OC(F)(F)F)cc3)no2)CC1=O. The van der Waals surface area contributed by atoms with E-state index in [9.17, 15) is 22.4 Å². The highest BCUT2D eigenvalue weighted by molar-refractivity contribution is 5.80. The average Bonchev–Trinajstić information content (AvgIpc) is 3.34. The Kier molecular flexibility index (Phi) is 5.38. The van der Waals surface area contributed by atoms with Gasteiger partial charge in [0.25, 0.3) is 0 Å². The van der Waals surface area contributed by atoms with Crippen LogP contribution >= 0.6 is 0 Å². The minimum atomic E-state index is -4.77. The zero-order chi connectivity index (χ0) is 22.2. The highest BCUT2D eigenvalue weighted by Gasteiger charge is 2.37. The molecule has 1 fully saturated rings. The lowest BCUT2D eigenvalue weighted by molar-refractivity contribution is -0.274. The van der Waals surface area contributed by atoms with Crippen molar-refractivity contribution in [1.82, 2.24) is 15.0 Å². The number of ether oxygens (including phenoxy) is 1. The summed E-state index contributed by atoms with van der Waals surface area (Å²) in [7, 11) is 0. The summed E-state index contributed by atoms with van der Waals surface area (Å²) in [6, 6.07) is 10.8. The first-order valence-corrected chi connectivity index (χ1v) is 9.44. The van der Waals surface area contributed by atoms with E-state index in [4.69, 9.17) is 4.52 Å². The van der Waals surface area contributed by atoms with Gasteiger partial charge in [0, 0.05) is 18.5 Å². The number of benzene rings is 2. The van der Waals surface area contributed by atoms with Gasteiger partial charge in [-0.2, -0.15) is 4.98 Å². The van der Waals surface area contributed by atoms with E-state index in [1.54, 1.807) is 17.0 Å². The molecule has 6 nitrogen and oxygen atoms in total. The van der Waals surface area contributed by atoms with Crippen molar-refractivity contribution in [2.75, 3.05) is 6.54 Å². The quantitative estimate of drug-likeness (QED) is 0.536. The van der Waals surface area contributed by atoms with Gasteiger partial charge in [-0.25, -0.2) is 4.39 Å². The van der Waals surface area contributed by atoms with Crippen molar-refractivity contribution in [2.45, 2.75) is 31.7 Å². The third-order valence-electron chi connectivity index (χ3n) is 5.12. The van der Waals surface area contributed by atoms with Crippen LogP contribution in [-0.2, 0) is 4.79 Å². The maximum Gasteiger partial charge on any atom is 0.573 e. The van der Waals surface area contributed by atoms with Gasteiger partial charge in [-0.05, 0) is 48.9 Å². The first kappa shape index (κ1) is 20.8. The number of halogens is 4. The molecule has 1 aliphatic heterocycles. The van der Waals surface area contributed by atoms with Crippen LogP contribution in [0, 0.1) is 5.82 Å². The summed E-state index contributed by atoms with van der Waals surface area (Å²) in [5, 5.41) is 3.88. The van der Waals surface area contributed by atoms with Crippen molar-refractivity contribution in [1.29, 1.82) is 0 Å². The minimum Gasteiger partial charge on any atom is -0.406 e. The summed E-state index contributed by atoms with van der Waals surface area (Å²) in [6.07, 6.45) is -4.59. The van der Waals surface area contributed by atoms with E-state index in [2.05, 4.69) is 14.9 Å². The normalized spacial score (nSPS) is 17.8. The third kappa shape index (κ3) is 4.68. The summed E-state index contributed by atoms with van der Waals surface area (Å²) < 4.78 is 59.1. The summed E-state index contributed by atoms with van der Waals surface area (Å²) >= 11 is 0. The topological polar surface area (TPSA) is 68.5 Å². The lowest BCUT2D eigenvalue weighted by Crippen LogP contribution is -2.28. The van der Waals surface area contributed by atoms with Crippen LogP contribution in [0.2, 0.25) is 0 Å². The monoisotopic (exact) mass is 435 g/mol. The number of hydrogen-bond donors (Lipinski definition) is 0. The molecule has 1 amide bonds. The van der Waals surface area contributed by atoms with E-state index in [0.717, 1.165) is 17.7 Å². The fourth-order valence-corrected chi connectivity index (χ4v) is 3.52. The summed E-state index contributed by atoms with van der Waals surface area (Å²) in [5.41, 5.74) is 1.26. The molecule has 4 rings (SSSR count). The Morgan fingerprint density at radius 1 is 1.13 bits per heavy atom. The fourth-order valence-electron chi connectivity index (χ4n) is 3.52. The average molecular weight is 435 g/mol. The van der Waals surface area contributed by atoms with Crippen molar-refractivity contribution in [3.63, 3.8) is 0 Å². The summed E-state index contributed by atoms with van der Waals surface area (Å²) in [4.78, 5) is 18.5. The second-order valence-corrected chi connectivity index (χ2v) is 7.20. The van der Waals surface area contributed by atoms with Gasteiger partial charge < -0.3 is 14.2 Å². The molecule has 0 spiro atoms. The van der Waals surface area contributed by atoms with Crippen LogP contribution in [0.25, 0.3) is 11.4 Å². The molecule has 0 N–H and O–H groups in total. The van der Waals surface area contributed by atoms with Crippen LogP contribution in [0.15, 0.2) is 53.1 Å². The molecule has 2 unspecified atom stereocenters. The third-order valence-corrected chi connectivity index (χ3v) is 5.12. The lowest BCUT2D eigenvalue weighted by Gasteiger charge is -2.25. The van der Waals surface area contributed by atoms with Crippen molar-refractivity contribution < 1.29 is 31.6 Å². The van der Waals surface area contributed by atoms with E-state index in [1.807, 2.05) is 6.92 Å². The second kappa shape index (κ2) is 8.01. The second-order valence-electron chi connectivity index (χ2n) is 7.20. The van der Waals surface area contributed by atoms with Crippen LogP contribution in [-0.4, -0.2) is 33.9 Å². The number of alkyl halides is 3. The number of carbonyl (C=O) groups excluding carboxylic acids is 1. The van der Waals surface area contributed by atoms with Gasteiger partial charge in [0.15, 0.2) is 0 Å². The predicted octanol–water partition coefficient (Wildman–Crippen LogP) is 4.85. The molecule has 1 saturated heterocycles. The largest absolute Gasteiger partial charge is 0.573 e. The number of amides is 1. The number of nitrogens with zero attached hydrogens (tertiary/aromatic N) is 3. The molecule has 31 heavy (non-hydrogen) atoms. The fraction of sp³-hybridized carbons (Fsp3) is 0.286. The van der Waals surface area contributed by atoms with E-state index < -0.39 is 6.36 Å². The molecular weight excluding hydrogens is 418 g/mol. The van der Waals surface area contributed by atoms with Crippen molar-refractivity contribution in [3.8, 4) is 17.1 Å². The summed E-state index contributed by atoms with van der Waals surface area (Å²) in [5.74, 6) is -0.636. The van der Waals surface area contributed by atoms with Gasteiger partial charge in [0.1, 0.15) is 11.6 Å². The number of likely N-dealkylation sites (tertiary alicyclic amines) is 1. The van der Waals surface area contributed by atoms with Crippen LogP contribution in [0.1, 0.15) is 36.8 Å². The summed E-state index contributed by atoms with van der Waals surface area (Å²) in [6.45, 7) is 2.22. The predicted molar refractivity (Wildman–Crippen MR) is 100 cm³/mol. The Morgan fingerprint density at radius 2 is 1.81 bits per heavy atom. The highest BCUT2D eigenvalue weighted by Crippen LogP contribution is 2.34. The Hall–Kier alpha value is -3.43. The molecule has 1 aliphatic rings. The lowest BCUT2D eigenvalue weighted by atomic mass is 10.1. The van der Waals surface area contributed by atoms with Crippen molar-refractivity contribution in [3.05, 3.63) is 65.8 Å². The van der Waals surface area contributed by atoms with Gasteiger partial charge >= 0.3 is 6.36 Å². The van der Waals surface area contributed by atoms with Crippen LogP contribution in [0.5, 0.6) is 5.75 Å². The highest BCUT2D eigenvalue weighted by atomic mass is 19.4. The van der Waals surface area contributed by atoms with Crippen molar-refractivity contribution in [2.24, 2.45) is 0 Å². The number of hydrogen-bond acceptors (Lipinski definition) is 5. The van der Waals surface area contributed by atoms with Crippen molar-refractivity contribution >= 4 is 5.91 Å². The van der Waals surface area contributed by atoms with E-state index >= 15 is 0 Å². The Bertz CT molecular complexity index is 1060. The minimum absolute atomic E-state index is 0.0878. The van der Waals surface area contributed by atoms with Gasteiger partial charge in [0.05, 0.1) is 12.0 Å². The van der Waals surface area contributed by atoms with Gasteiger partial charge in [-0.1, -0.05) is 17.3 Å². The zero-order valence-corrected chi connectivity index (χ0v) is 16.3. The van der Waals surface area contributed by atoms with Gasteiger partial charge in [-0.3, -0.25) is 4.79 Å². The molecule has 0 radical (unpaired) electrons. The number of rotatable bonds is 5. The van der Waals surface area contributed by atoms with E-state index in [1.165, 1.54) is 24.3 Å². The molecular formula is C21H17F4N3O3.